The maximum Gasteiger partial charge on any atom is 0.234 e. The van der Waals surface area contributed by atoms with Crippen LogP contribution >= 0.6 is 27.7 Å². The van der Waals surface area contributed by atoms with Gasteiger partial charge in [-0.05, 0) is 73.0 Å². The summed E-state index contributed by atoms with van der Waals surface area (Å²) in [5, 5.41) is 12.2. The van der Waals surface area contributed by atoms with E-state index < -0.39 is 0 Å². The van der Waals surface area contributed by atoms with E-state index in [1.807, 2.05) is 62.6 Å². The van der Waals surface area contributed by atoms with E-state index in [9.17, 15) is 4.79 Å². The van der Waals surface area contributed by atoms with Crippen LogP contribution < -0.4 is 5.32 Å². The zero-order chi connectivity index (χ0) is 19.6. The zero-order valence-corrected chi connectivity index (χ0v) is 18.0. The maximum absolute atomic E-state index is 12.4. The summed E-state index contributed by atoms with van der Waals surface area (Å²) in [6, 6.07) is 9.67. The van der Waals surface area contributed by atoms with Crippen molar-refractivity contribution >= 4 is 39.3 Å². The molecule has 0 aliphatic carbocycles. The summed E-state index contributed by atoms with van der Waals surface area (Å²) in [6.45, 7) is 8.12. The Morgan fingerprint density at radius 2 is 2.04 bits per heavy atom. The number of aromatic nitrogens is 3. The number of carbonyl (C=O) groups excluding carboxylic acids is 1. The van der Waals surface area contributed by atoms with Gasteiger partial charge in [0.2, 0.25) is 11.7 Å². The van der Waals surface area contributed by atoms with Gasteiger partial charge in [0.15, 0.2) is 15.6 Å². The SMILES string of the molecule is Cc1cccc(NC(=O)CSc2nnc(-c3ccc(Br)o3)n2C(C)C)c1C. The van der Waals surface area contributed by atoms with Crippen LogP contribution in [0.15, 0.2) is 44.6 Å². The van der Waals surface area contributed by atoms with Gasteiger partial charge in [-0.3, -0.25) is 9.36 Å². The first kappa shape index (κ1) is 19.7. The highest BCUT2D eigenvalue weighted by Gasteiger charge is 2.20. The number of nitrogens with zero attached hydrogens (tertiary/aromatic N) is 3. The molecule has 0 atom stereocenters. The minimum Gasteiger partial charge on any atom is -0.446 e. The van der Waals surface area contributed by atoms with Crippen molar-refractivity contribution in [1.29, 1.82) is 0 Å². The molecule has 3 aromatic rings. The summed E-state index contributed by atoms with van der Waals surface area (Å²) >= 11 is 4.67. The third-order valence-electron chi connectivity index (χ3n) is 4.19. The van der Waals surface area contributed by atoms with E-state index in [0.29, 0.717) is 21.4 Å². The molecule has 0 unspecified atom stereocenters. The fraction of sp³-hybridized carbons (Fsp3) is 0.316. The number of aryl methyl sites for hydroxylation is 1. The van der Waals surface area contributed by atoms with Gasteiger partial charge in [-0.25, -0.2) is 0 Å². The molecule has 0 bridgehead atoms. The fourth-order valence-corrected chi connectivity index (χ4v) is 3.82. The third-order valence-corrected chi connectivity index (χ3v) is 5.55. The smallest absolute Gasteiger partial charge is 0.234 e. The molecular formula is C19H21BrN4O2S. The molecule has 0 spiro atoms. The van der Waals surface area contributed by atoms with Gasteiger partial charge in [0.25, 0.3) is 0 Å². The topological polar surface area (TPSA) is 73.0 Å². The molecule has 2 aromatic heterocycles. The van der Waals surface area contributed by atoms with Gasteiger partial charge >= 0.3 is 0 Å². The van der Waals surface area contributed by atoms with Crippen LogP contribution in [-0.2, 0) is 4.79 Å². The van der Waals surface area contributed by atoms with E-state index in [1.165, 1.54) is 11.8 Å². The Morgan fingerprint density at radius 3 is 2.70 bits per heavy atom. The van der Waals surface area contributed by atoms with Crippen LogP contribution in [-0.4, -0.2) is 26.4 Å². The number of halogens is 1. The number of amides is 1. The lowest BCUT2D eigenvalue weighted by atomic mass is 10.1. The van der Waals surface area contributed by atoms with Crippen LogP contribution in [0.25, 0.3) is 11.6 Å². The lowest BCUT2D eigenvalue weighted by Gasteiger charge is -2.13. The third kappa shape index (κ3) is 4.44. The predicted octanol–water partition coefficient (Wildman–Crippen LogP) is 5.23. The number of anilines is 1. The van der Waals surface area contributed by atoms with Gasteiger partial charge in [0.1, 0.15) is 0 Å². The number of hydrogen-bond acceptors (Lipinski definition) is 5. The van der Waals surface area contributed by atoms with Crippen molar-refractivity contribution in [3.8, 4) is 11.6 Å². The van der Waals surface area contributed by atoms with Gasteiger partial charge in [0.05, 0.1) is 5.75 Å². The summed E-state index contributed by atoms with van der Waals surface area (Å²) < 4.78 is 8.22. The molecule has 3 rings (SSSR count). The van der Waals surface area contributed by atoms with Gasteiger partial charge in [0, 0.05) is 11.7 Å². The Labute approximate surface area is 170 Å². The summed E-state index contributed by atoms with van der Waals surface area (Å²) in [5.74, 6) is 1.46. The molecule has 1 amide bonds. The molecule has 0 saturated heterocycles. The number of nitrogens with one attached hydrogen (secondary N) is 1. The molecule has 0 fully saturated rings. The molecule has 0 aliphatic rings. The molecule has 2 heterocycles. The second kappa shape index (κ2) is 8.31. The van der Waals surface area contributed by atoms with E-state index in [4.69, 9.17) is 4.42 Å². The Kier molecular flexibility index (Phi) is 6.06. The second-order valence-electron chi connectivity index (χ2n) is 6.46. The standard InChI is InChI=1S/C19H21BrN4O2S/c1-11(2)24-18(15-8-9-16(20)26-15)22-23-19(24)27-10-17(25)21-14-7-5-6-12(3)13(14)4/h5-9,11H,10H2,1-4H3,(H,21,25). The molecule has 0 radical (unpaired) electrons. The molecule has 8 heteroatoms. The molecule has 27 heavy (non-hydrogen) atoms. The predicted molar refractivity (Wildman–Crippen MR) is 111 cm³/mol. The van der Waals surface area contributed by atoms with Crippen molar-refractivity contribution in [2.75, 3.05) is 11.1 Å². The van der Waals surface area contributed by atoms with Gasteiger partial charge in [-0.15, -0.1) is 10.2 Å². The van der Waals surface area contributed by atoms with Gasteiger partial charge < -0.3 is 9.73 Å². The number of rotatable bonds is 6. The first-order valence-corrected chi connectivity index (χ1v) is 10.3. The normalized spacial score (nSPS) is 11.2. The van der Waals surface area contributed by atoms with Crippen LogP contribution in [0.4, 0.5) is 5.69 Å². The maximum atomic E-state index is 12.4. The minimum atomic E-state index is -0.0747. The van der Waals surface area contributed by atoms with Crippen LogP contribution in [0.3, 0.4) is 0 Å². The number of carbonyl (C=O) groups is 1. The average Bonchev–Trinajstić information content (AvgIpc) is 3.23. The number of benzene rings is 1. The first-order chi connectivity index (χ1) is 12.9. The zero-order valence-electron chi connectivity index (χ0n) is 15.6. The quantitative estimate of drug-likeness (QED) is 0.522. The van der Waals surface area contributed by atoms with E-state index in [1.54, 1.807) is 0 Å². The van der Waals surface area contributed by atoms with Crippen molar-refractivity contribution < 1.29 is 9.21 Å². The molecule has 0 aliphatic heterocycles. The summed E-state index contributed by atoms with van der Waals surface area (Å²) in [5.41, 5.74) is 3.06. The van der Waals surface area contributed by atoms with Crippen molar-refractivity contribution in [2.45, 2.75) is 38.9 Å². The van der Waals surface area contributed by atoms with E-state index in [-0.39, 0.29) is 17.7 Å². The van der Waals surface area contributed by atoms with Crippen LogP contribution in [0, 0.1) is 13.8 Å². The highest BCUT2D eigenvalue weighted by Crippen LogP contribution is 2.30. The molecule has 1 N–H and O–H groups in total. The molecule has 142 valence electrons. The number of thioether (sulfide) groups is 1. The fourth-order valence-electron chi connectivity index (χ4n) is 2.65. The summed E-state index contributed by atoms with van der Waals surface area (Å²) in [6.07, 6.45) is 0. The molecule has 1 aromatic carbocycles. The number of hydrogen-bond donors (Lipinski definition) is 1. The second-order valence-corrected chi connectivity index (χ2v) is 8.18. The highest BCUT2D eigenvalue weighted by molar-refractivity contribution is 9.10. The first-order valence-electron chi connectivity index (χ1n) is 8.56. The van der Waals surface area contributed by atoms with Gasteiger partial charge in [-0.2, -0.15) is 0 Å². The average molecular weight is 449 g/mol. The number of furan rings is 1. The van der Waals surface area contributed by atoms with Crippen molar-refractivity contribution in [3.63, 3.8) is 0 Å². The van der Waals surface area contributed by atoms with E-state index in [0.717, 1.165) is 16.8 Å². The molecule has 6 nitrogen and oxygen atoms in total. The summed E-state index contributed by atoms with van der Waals surface area (Å²) in [7, 11) is 0. The van der Waals surface area contributed by atoms with E-state index in [2.05, 4.69) is 31.4 Å². The van der Waals surface area contributed by atoms with Crippen molar-refractivity contribution in [2.24, 2.45) is 0 Å². The summed E-state index contributed by atoms with van der Waals surface area (Å²) in [4.78, 5) is 12.4. The monoisotopic (exact) mass is 448 g/mol. The Morgan fingerprint density at radius 1 is 1.26 bits per heavy atom. The molecule has 0 saturated carbocycles. The Bertz CT molecular complexity index is 965. The Hall–Kier alpha value is -2.06. The lowest BCUT2D eigenvalue weighted by Crippen LogP contribution is -2.16. The van der Waals surface area contributed by atoms with Crippen LogP contribution in [0.1, 0.15) is 31.0 Å². The largest absolute Gasteiger partial charge is 0.446 e. The highest BCUT2D eigenvalue weighted by atomic mass is 79.9. The Balaban J connectivity index is 1.73. The van der Waals surface area contributed by atoms with Crippen LogP contribution in [0.2, 0.25) is 0 Å². The van der Waals surface area contributed by atoms with Crippen molar-refractivity contribution in [1.82, 2.24) is 14.8 Å². The van der Waals surface area contributed by atoms with Crippen LogP contribution in [0.5, 0.6) is 0 Å². The van der Waals surface area contributed by atoms with Crippen molar-refractivity contribution in [3.05, 3.63) is 46.1 Å². The van der Waals surface area contributed by atoms with E-state index >= 15 is 0 Å². The lowest BCUT2D eigenvalue weighted by molar-refractivity contribution is -0.113. The van der Waals surface area contributed by atoms with Gasteiger partial charge in [-0.1, -0.05) is 23.9 Å². The minimum absolute atomic E-state index is 0.0747. The molecular weight excluding hydrogens is 428 g/mol.